The van der Waals surface area contributed by atoms with Crippen LogP contribution in [-0.2, 0) is 13.3 Å². The second-order valence-electron chi connectivity index (χ2n) is 6.99. The Morgan fingerprint density at radius 1 is 1.00 bits per heavy atom. The highest BCUT2D eigenvalue weighted by Gasteiger charge is 2.13. The van der Waals surface area contributed by atoms with Gasteiger partial charge in [-0.25, -0.2) is 4.68 Å². The topological polar surface area (TPSA) is 103 Å². The third kappa shape index (κ3) is 5.58. The molecule has 9 nitrogen and oxygen atoms in total. The number of benzene rings is 2. The summed E-state index contributed by atoms with van der Waals surface area (Å²) in [6, 6.07) is 17.1. The van der Waals surface area contributed by atoms with Crippen LogP contribution in [0.3, 0.4) is 0 Å². The maximum absolute atomic E-state index is 12.6. The molecule has 2 amide bonds. The predicted molar refractivity (Wildman–Crippen MR) is 125 cm³/mol. The highest BCUT2D eigenvalue weighted by molar-refractivity contribution is 6.30. The maximum atomic E-state index is 12.6. The number of nitrogens with one attached hydrogen (secondary N) is 2. The molecule has 0 atom stereocenters. The van der Waals surface area contributed by atoms with E-state index in [0.717, 1.165) is 0 Å². The van der Waals surface area contributed by atoms with Crippen LogP contribution in [0.25, 0.3) is 0 Å². The quantitative estimate of drug-likeness (QED) is 0.405. The molecular weight excluding hydrogens is 444 g/mol. The number of carbonyl (C=O) groups excluding carboxylic acids is 2. The van der Waals surface area contributed by atoms with Crippen LogP contribution in [0.4, 0.5) is 11.4 Å². The van der Waals surface area contributed by atoms with Gasteiger partial charge in [-0.15, -0.1) is 0 Å². The van der Waals surface area contributed by atoms with E-state index in [1.165, 1.54) is 4.68 Å². The number of amides is 2. The van der Waals surface area contributed by atoms with E-state index in [2.05, 4.69) is 20.8 Å². The number of aryl methyl sites for hydroxylation is 1. The second kappa shape index (κ2) is 10.0. The first-order valence-corrected chi connectivity index (χ1v) is 10.6. The molecule has 2 aromatic heterocycles. The lowest BCUT2D eigenvalue weighted by atomic mass is 10.2. The molecule has 0 aliphatic rings. The van der Waals surface area contributed by atoms with E-state index in [1.54, 1.807) is 77.7 Å². The Kier molecular flexibility index (Phi) is 6.70. The Bertz CT molecular complexity index is 1270. The highest BCUT2D eigenvalue weighted by atomic mass is 35.5. The summed E-state index contributed by atoms with van der Waals surface area (Å²) in [4.78, 5) is 25.1. The summed E-state index contributed by atoms with van der Waals surface area (Å²) in [6.45, 7) is 2.64. The number of carbonyl (C=O) groups is 2. The third-order valence-electron chi connectivity index (χ3n) is 4.68. The predicted octanol–water partition coefficient (Wildman–Crippen LogP) is 4.29. The fraction of sp³-hybridized carbons (Fsp3) is 0.130. The van der Waals surface area contributed by atoms with E-state index in [-0.39, 0.29) is 24.2 Å². The number of rotatable bonds is 8. The van der Waals surface area contributed by atoms with Crippen LogP contribution in [0.5, 0.6) is 5.75 Å². The minimum Gasteiger partial charge on any atom is -0.471 e. The number of aromatic nitrogens is 4. The third-order valence-corrected chi connectivity index (χ3v) is 4.93. The average Bonchev–Trinajstić information content (AvgIpc) is 3.49. The molecule has 4 rings (SSSR count). The van der Waals surface area contributed by atoms with E-state index in [4.69, 9.17) is 16.3 Å². The highest BCUT2D eigenvalue weighted by Crippen LogP contribution is 2.18. The van der Waals surface area contributed by atoms with Crippen molar-refractivity contribution >= 4 is 34.8 Å². The fourth-order valence-corrected chi connectivity index (χ4v) is 3.19. The van der Waals surface area contributed by atoms with E-state index >= 15 is 0 Å². The van der Waals surface area contributed by atoms with E-state index in [1.807, 2.05) is 6.92 Å². The molecule has 0 aliphatic heterocycles. The van der Waals surface area contributed by atoms with Gasteiger partial charge in [0.25, 0.3) is 11.8 Å². The smallest absolute Gasteiger partial charge is 0.276 e. The Labute approximate surface area is 194 Å². The van der Waals surface area contributed by atoms with Crippen LogP contribution in [-0.4, -0.2) is 31.4 Å². The molecule has 10 heteroatoms. The molecule has 0 bridgehead atoms. The van der Waals surface area contributed by atoms with Crippen LogP contribution < -0.4 is 15.4 Å². The Balaban J connectivity index is 1.36. The number of nitrogens with zero attached hydrogens (tertiary/aromatic N) is 4. The monoisotopic (exact) mass is 464 g/mol. The molecule has 0 fully saturated rings. The van der Waals surface area contributed by atoms with Gasteiger partial charge in [0.2, 0.25) is 0 Å². The second-order valence-corrected chi connectivity index (χ2v) is 7.43. The van der Waals surface area contributed by atoms with Crippen LogP contribution in [0.2, 0.25) is 5.02 Å². The van der Waals surface area contributed by atoms with E-state index in [0.29, 0.717) is 34.4 Å². The number of ether oxygens (including phenoxy) is 1. The molecule has 33 heavy (non-hydrogen) atoms. The van der Waals surface area contributed by atoms with Crippen molar-refractivity contribution < 1.29 is 14.3 Å². The summed E-state index contributed by atoms with van der Waals surface area (Å²) < 4.78 is 8.74. The van der Waals surface area contributed by atoms with Gasteiger partial charge in [-0.1, -0.05) is 17.7 Å². The molecule has 2 heterocycles. The molecule has 0 aliphatic carbocycles. The molecule has 2 aromatic carbocycles. The first-order chi connectivity index (χ1) is 16.0. The van der Waals surface area contributed by atoms with Gasteiger partial charge in [-0.05, 0) is 61.5 Å². The van der Waals surface area contributed by atoms with Crippen molar-refractivity contribution in [3.05, 3.63) is 89.5 Å². The fourth-order valence-electron chi connectivity index (χ4n) is 3.07. The minimum atomic E-state index is -0.382. The summed E-state index contributed by atoms with van der Waals surface area (Å²) in [5.74, 6) is -0.0215. The first kappa shape index (κ1) is 22.1. The van der Waals surface area contributed by atoms with Crippen molar-refractivity contribution in [2.24, 2.45) is 0 Å². The lowest BCUT2D eigenvalue weighted by molar-refractivity contribution is 0.101. The number of halogens is 1. The van der Waals surface area contributed by atoms with Gasteiger partial charge in [0.1, 0.15) is 11.4 Å². The summed E-state index contributed by atoms with van der Waals surface area (Å²) in [6.07, 6.45) is 3.23. The van der Waals surface area contributed by atoms with Gasteiger partial charge >= 0.3 is 0 Å². The zero-order chi connectivity index (χ0) is 23.2. The van der Waals surface area contributed by atoms with Crippen molar-refractivity contribution in [3.63, 3.8) is 0 Å². The van der Waals surface area contributed by atoms with Crippen LogP contribution in [0.15, 0.2) is 73.1 Å². The lowest BCUT2D eigenvalue weighted by Gasteiger charge is -2.09. The molecule has 0 saturated carbocycles. The summed E-state index contributed by atoms with van der Waals surface area (Å²) in [7, 11) is 0. The number of anilines is 2. The normalized spacial score (nSPS) is 10.6. The molecule has 0 radical (unpaired) electrons. The van der Waals surface area contributed by atoms with Crippen molar-refractivity contribution in [3.8, 4) is 5.75 Å². The zero-order valence-corrected chi connectivity index (χ0v) is 18.5. The summed E-state index contributed by atoms with van der Waals surface area (Å²) in [5.41, 5.74) is 1.76. The van der Waals surface area contributed by atoms with Gasteiger partial charge in [0.05, 0.1) is 0 Å². The summed E-state index contributed by atoms with van der Waals surface area (Å²) >= 11 is 5.86. The zero-order valence-electron chi connectivity index (χ0n) is 17.7. The molecular formula is C23H21ClN6O3. The van der Waals surface area contributed by atoms with Crippen molar-refractivity contribution in [1.82, 2.24) is 19.6 Å². The molecule has 2 N–H and O–H groups in total. The first-order valence-electron chi connectivity index (χ1n) is 10.2. The molecule has 168 valence electrons. The van der Waals surface area contributed by atoms with Crippen LogP contribution in [0, 0.1) is 0 Å². The lowest BCUT2D eigenvalue weighted by Crippen LogP contribution is -2.18. The largest absolute Gasteiger partial charge is 0.471 e. The van der Waals surface area contributed by atoms with Crippen molar-refractivity contribution in [2.75, 3.05) is 10.6 Å². The van der Waals surface area contributed by atoms with Gasteiger partial charge in [-0.3, -0.25) is 14.3 Å². The van der Waals surface area contributed by atoms with E-state index in [9.17, 15) is 9.59 Å². The van der Waals surface area contributed by atoms with Crippen molar-refractivity contribution in [2.45, 2.75) is 20.2 Å². The number of hydrogen-bond donors (Lipinski definition) is 2. The summed E-state index contributed by atoms with van der Waals surface area (Å²) in [5, 5.41) is 14.6. The Hall–Kier alpha value is -4.11. The van der Waals surface area contributed by atoms with Crippen LogP contribution in [0.1, 0.15) is 27.9 Å². The molecule has 0 saturated heterocycles. The van der Waals surface area contributed by atoms with Crippen molar-refractivity contribution in [1.29, 1.82) is 0 Å². The van der Waals surface area contributed by atoms with Gasteiger partial charge in [-0.2, -0.15) is 10.2 Å². The molecule has 0 unspecified atom stereocenters. The van der Waals surface area contributed by atoms with Gasteiger partial charge in [0, 0.05) is 35.3 Å². The maximum Gasteiger partial charge on any atom is 0.276 e. The molecule has 4 aromatic rings. The SMILES string of the molecule is CCn1nccc1C(=O)Nc1cccc(NC(=O)c2ccn(COc3ccc(Cl)cc3)n2)c1. The van der Waals surface area contributed by atoms with Gasteiger partial charge in [0.15, 0.2) is 12.4 Å². The Morgan fingerprint density at radius 3 is 2.45 bits per heavy atom. The van der Waals surface area contributed by atoms with E-state index < -0.39 is 0 Å². The molecule has 0 spiro atoms. The number of hydrogen-bond acceptors (Lipinski definition) is 5. The van der Waals surface area contributed by atoms with Gasteiger partial charge < -0.3 is 15.4 Å². The average molecular weight is 465 g/mol. The minimum absolute atomic E-state index is 0.144. The van der Waals surface area contributed by atoms with Crippen LogP contribution >= 0.6 is 11.6 Å². The Morgan fingerprint density at radius 2 is 1.73 bits per heavy atom. The standard InChI is InChI=1S/C23H21ClN6O3/c1-2-30-21(10-12-25-30)23(32)27-18-5-3-4-17(14-18)26-22(31)20-11-13-29(28-20)15-33-19-8-6-16(24)7-9-19/h3-14H,2,15H2,1H3,(H,26,31)(H,27,32).